The molecule has 1 aromatic carbocycles. The molecule has 0 saturated carbocycles. The smallest absolute Gasteiger partial charge is 0.219 e. The van der Waals surface area contributed by atoms with E-state index in [1.165, 1.54) is 5.56 Å². The van der Waals surface area contributed by atoms with Gasteiger partial charge in [0.2, 0.25) is 11.8 Å². The molecule has 0 bridgehead atoms. The van der Waals surface area contributed by atoms with E-state index in [9.17, 15) is 9.59 Å². The van der Waals surface area contributed by atoms with Crippen LogP contribution in [0.1, 0.15) is 63.4 Å². The van der Waals surface area contributed by atoms with E-state index < -0.39 is 0 Å². The number of aryl methyl sites for hydroxylation is 1. The lowest BCUT2D eigenvalue weighted by Gasteiger charge is -2.12. The highest BCUT2D eigenvalue weighted by molar-refractivity contribution is 5.76. The summed E-state index contributed by atoms with van der Waals surface area (Å²) in [6, 6.07) is 6.11. The van der Waals surface area contributed by atoms with Gasteiger partial charge in [0.1, 0.15) is 0 Å². The molecule has 1 rings (SSSR count). The molecule has 1 aromatic rings. The molecule has 7 nitrogen and oxygen atoms in total. The van der Waals surface area contributed by atoms with Crippen molar-refractivity contribution in [2.24, 2.45) is 5.73 Å². The molecule has 3 N–H and O–H groups in total. The summed E-state index contributed by atoms with van der Waals surface area (Å²) in [7, 11) is 3.34. The molecular formula is C23H38N2O5. The molecule has 0 heterocycles. The molecule has 0 aliphatic heterocycles. The number of nitrogens with one attached hydrogen (secondary N) is 1. The van der Waals surface area contributed by atoms with Crippen LogP contribution in [0.2, 0.25) is 0 Å². The average Bonchev–Trinajstić information content (AvgIpc) is 2.73. The minimum absolute atomic E-state index is 0.0516. The van der Waals surface area contributed by atoms with Crippen LogP contribution in [0.4, 0.5) is 0 Å². The quantitative estimate of drug-likeness (QED) is 0.353. The highest BCUT2D eigenvalue weighted by atomic mass is 16.5. The van der Waals surface area contributed by atoms with Gasteiger partial charge in [-0.05, 0) is 43.4 Å². The maximum atomic E-state index is 11.7. The van der Waals surface area contributed by atoms with Crippen molar-refractivity contribution in [3.63, 3.8) is 0 Å². The second kappa shape index (κ2) is 16.5. The van der Waals surface area contributed by atoms with Crippen LogP contribution >= 0.6 is 0 Å². The molecule has 30 heavy (non-hydrogen) atoms. The van der Waals surface area contributed by atoms with E-state index in [0.29, 0.717) is 39.0 Å². The SMILES string of the molecule is COCCCOc1cc(CCCCCCCC(=O)NCCCC(N)=O)ccc1OC. The Balaban J connectivity index is 2.15. The third kappa shape index (κ3) is 12.3. The number of hydrogen-bond donors (Lipinski definition) is 2. The van der Waals surface area contributed by atoms with Crippen molar-refractivity contribution < 1.29 is 23.8 Å². The molecule has 0 radical (unpaired) electrons. The third-order valence-corrected chi connectivity index (χ3v) is 4.77. The molecule has 0 aromatic heterocycles. The minimum atomic E-state index is -0.329. The van der Waals surface area contributed by atoms with Crippen LogP contribution in [0, 0.1) is 0 Å². The van der Waals surface area contributed by atoms with Gasteiger partial charge >= 0.3 is 0 Å². The normalized spacial score (nSPS) is 10.6. The van der Waals surface area contributed by atoms with Crippen LogP contribution < -0.4 is 20.5 Å². The number of methoxy groups -OCH3 is 2. The predicted molar refractivity (Wildman–Crippen MR) is 118 cm³/mol. The van der Waals surface area contributed by atoms with Gasteiger partial charge in [-0.15, -0.1) is 0 Å². The van der Waals surface area contributed by atoms with Crippen molar-refractivity contribution in [1.82, 2.24) is 5.32 Å². The summed E-state index contributed by atoms with van der Waals surface area (Å²) in [5, 5.41) is 2.82. The topological polar surface area (TPSA) is 99.9 Å². The Kier molecular flexibility index (Phi) is 14.2. The van der Waals surface area contributed by atoms with Gasteiger partial charge < -0.3 is 25.3 Å². The Morgan fingerprint density at radius 3 is 2.40 bits per heavy atom. The lowest BCUT2D eigenvalue weighted by molar-refractivity contribution is -0.122. The first-order chi connectivity index (χ1) is 14.6. The van der Waals surface area contributed by atoms with Crippen LogP contribution in [-0.2, 0) is 20.7 Å². The summed E-state index contributed by atoms with van der Waals surface area (Å²) >= 11 is 0. The largest absolute Gasteiger partial charge is 0.493 e. The number of amides is 2. The Hall–Kier alpha value is -2.28. The number of ether oxygens (including phenoxy) is 3. The summed E-state index contributed by atoms with van der Waals surface area (Å²) < 4.78 is 16.3. The predicted octanol–water partition coefficient (Wildman–Crippen LogP) is 3.38. The first-order valence-electron chi connectivity index (χ1n) is 10.9. The Morgan fingerprint density at radius 2 is 1.67 bits per heavy atom. The second-order valence-electron chi connectivity index (χ2n) is 7.37. The van der Waals surface area contributed by atoms with Crippen LogP contribution in [0.3, 0.4) is 0 Å². The highest BCUT2D eigenvalue weighted by Gasteiger charge is 2.06. The average molecular weight is 423 g/mol. The van der Waals surface area contributed by atoms with Crippen LogP contribution in [0.25, 0.3) is 0 Å². The molecular weight excluding hydrogens is 384 g/mol. The summed E-state index contributed by atoms with van der Waals surface area (Å²) in [5.41, 5.74) is 6.31. The van der Waals surface area contributed by atoms with Crippen molar-refractivity contribution in [2.45, 2.75) is 64.2 Å². The van der Waals surface area contributed by atoms with Gasteiger partial charge in [0, 0.05) is 39.5 Å². The standard InChI is InChI=1S/C23H38N2O5/c1-28-16-9-17-30-21-18-19(13-14-20(21)29-2)10-6-4-3-5-7-12-23(27)25-15-8-11-22(24)26/h13-14,18H,3-12,15-17H2,1-2H3,(H2,24,26)(H,25,27). The molecule has 0 fully saturated rings. The van der Waals surface area contributed by atoms with Crippen molar-refractivity contribution in [1.29, 1.82) is 0 Å². The zero-order valence-corrected chi connectivity index (χ0v) is 18.5. The molecule has 0 saturated heterocycles. The van der Waals surface area contributed by atoms with Crippen molar-refractivity contribution in [3.05, 3.63) is 23.8 Å². The summed E-state index contributed by atoms with van der Waals surface area (Å²) in [5.74, 6) is 1.26. The number of carbonyl (C=O) groups excluding carboxylic acids is 2. The summed E-state index contributed by atoms with van der Waals surface area (Å²) in [6.45, 7) is 1.80. The van der Waals surface area contributed by atoms with Gasteiger partial charge in [0.05, 0.1) is 13.7 Å². The molecule has 0 aliphatic carbocycles. The number of hydrogen-bond acceptors (Lipinski definition) is 5. The van der Waals surface area contributed by atoms with Gasteiger partial charge in [-0.1, -0.05) is 25.3 Å². The Morgan fingerprint density at radius 1 is 0.900 bits per heavy atom. The Labute approximate surface area is 180 Å². The van der Waals surface area contributed by atoms with Crippen molar-refractivity contribution >= 4 is 11.8 Å². The lowest BCUT2D eigenvalue weighted by atomic mass is 10.0. The molecule has 0 unspecified atom stereocenters. The van der Waals surface area contributed by atoms with E-state index in [-0.39, 0.29) is 11.8 Å². The molecule has 7 heteroatoms. The summed E-state index contributed by atoms with van der Waals surface area (Å²) in [6.07, 6.45) is 8.60. The Bertz CT molecular complexity index is 622. The number of rotatable bonds is 18. The molecule has 2 amide bonds. The number of carbonyl (C=O) groups is 2. The number of primary amides is 1. The van der Waals surface area contributed by atoms with Crippen molar-refractivity contribution in [3.8, 4) is 11.5 Å². The lowest BCUT2D eigenvalue weighted by Crippen LogP contribution is -2.25. The third-order valence-electron chi connectivity index (χ3n) is 4.77. The molecule has 0 spiro atoms. The number of nitrogens with two attached hydrogens (primary N) is 1. The fourth-order valence-electron chi connectivity index (χ4n) is 3.10. The van der Waals surface area contributed by atoms with Gasteiger partial charge in [-0.2, -0.15) is 0 Å². The fourth-order valence-corrected chi connectivity index (χ4v) is 3.10. The van der Waals surface area contributed by atoms with E-state index in [1.54, 1.807) is 14.2 Å². The van der Waals surface area contributed by atoms with Crippen molar-refractivity contribution in [2.75, 3.05) is 34.0 Å². The monoisotopic (exact) mass is 422 g/mol. The van der Waals surface area contributed by atoms with E-state index >= 15 is 0 Å². The van der Waals surface area contributed by atoms with Crippen LogP contribution in [0.5, 0.6) is 11.5 Å². The van der Waals surface area contributed by atoms with E-state index in [1.807, 2.05) is 6.07 Å². The number of benzene rings is 1. The van der Waals surface area contributed by atoms with E-state index in [2.05, 4.69) is 17.4 Å². The molecule has 0 aliphatic rings. The van der Waals surface area contributed by atoms with Gasteiger partial charge in [0.25, 0.3) is 0 Å². The first-order valence-corrected chi connectivity index (χ1v) is 10.9. The first kappa shape index (κ1) is 25.8. The second-order valence-corrected chi connectivity index (χ2v) is 7.37. The zero-order valence-electron chi connectivity index (χ0n) is 18.5. The maximum Gasteiger partial charge on any atom is 0.219 e. The summed E-state index contributed by atoms with van der Waals surface area (Å²) in [4.78, 5) is 22.3. The van der Waals surface area contributed by atoms with Gasteiger partial charge in [-0.3, -0.25) is 9.59 Å². The fraction of sp³-hybridized carbons (Fsp3) is 0.652. The van der Waals surface area contributed by atoms with E-state index in [4.69, 9.17) is 19.9 Å². The van der Waals surface area contributed by atoms with Crippen LogP contribution in [0.15, 0.2) is 18.2 Å². The molecule has 170 valence electrons. The molecule has 0 atom stereocenters. The highest BCUT2D eigenvalue weighted by Crippen LogP contribution is 2.29. The van der Waals surface area contributed by atoms with E-state index in [0.717, 1.165) is 56.4 Å². The number of unbranched alkanes of at least 4 members (excludes halogenated alkanes) is 4. The van der Waals surface area contributed by atoms with Crippen LogP contribution in [-0.4, -0.2) is 45.8 Å². The maximum absolute atomic E-state index is 11.7. The zero-order chi connectivity index (χ0) is 22.0. The minimum Gasteiger partial charge on any atom is -0.493 e. The van der Waals surface area contributed by atoms with Gasteiger partial charge in [0.15, 0.2) is 11.5 Å². The van der Waals surface area contributed by atoms with Gasteiger partial charge in [-0.25, -0.2) is 0 Å².